The summed E-state index contributed by atoms with van der Waals surface area (Å²) in [6.45, 7) is 0. The molecule has 1 aromatic carbocycles. The molecule has 1 heterocycles. The van der Waals surface area contributed by atoms with Crippen LogP contribution in [0.4, 0.5) is 5.82 Å². The van der Waals surface area contributed by atoms with Crippen molar-refractivity contribution in [2.75, 3.05) is 11.1 Å². The molecule has 0 spiro atoms. The Hall–Kier alpha value is -1.47. The summed E-state index contributed by atoms with van der Waals surface area (Å²) in [6.07, 6.45) is 0.831. The lowest BCUT2D eigenvalue weighted by atomic mass is 10.1. The molecule has 0 aliphatic rings. The van der Waals surface area contributed by atoms with E-state index in [0.29, 0.717) is 11.4 Å². The zero-order chi connectivity index (χ0) is 10.7. The summed E-state index contributed by atoms with van der Waals surface area (Å²) in [5, 5.41) is 5.39. The van der Waals surface area contributed by atoms with E-state index in [2.05, 4.69) is 32.9 Å². The first-order valence-electron chi connectivity index (χ1n) is 4.51. The second kappa shape index (κ2) is 4.37. The molecule has 0 aliphatic carbocycles. The lowest BCUT2D eigenvalue weighted by Gasteiger charge is -1.90. The Bertz CT molecular complexity index is 536. The summed E-state index contributed by atoms with van der Waals surface area (Å²) in [5.74, 6) is 6.50. The summed E-state index contributed by atoms with van der Waals surface area (Å²) in [4.78, 5) is 0. The van der Waals surface area contributed by atoms with Gasteiger partial charge in [0.05, 0.1) is 5.39 Å². The van der Waals surface area contributed by atoms with Crippen molar-refractivity contribution < 1.29 is 4.52 Å². The lowest BCUT2D eigenvalue weighted by Crippen LogP contribution is -1.83. The SMILES string of the molecule is Nc1noc2ccc(C#CCCBr)cc12. The Morgan fingerprint density at radius 3 is 3.13 bits per heavy atom. The molecule has 0 radical (unpaired) electrons. The minimum absolute atomic E-state index is 0.411. The molecule has 0 atom stereocenters. The van der Waals surface area contributed by atoms with E-state index < -0.39 is 0 Å². The molecule has 0 unspecified atom stereocenters. The first kappa shape index (κ1) is 10.1. The zero-order valence-electron chi connectivity index (χ0n) is 7.96. The third kappa shape index (κ3) is 2.13. The fraction of sp³-hybridized carbons (Fsp3) is 0.182. The molecule has 0 fully saturated rings. The predicted molar refractivity (Wildman–Crippen MR) is 63.7 cm³/mol. The van der Waals surface area contributed by atoms with Gasteiger partial charge in [0.15, 0.2) is 11.4 Å². The summed E-state index contributed by atoms with van der Waals surface area (Å²) in [5.41, 5.74) is 7.26. The minimum Gasteiger partial charge on any atom is -0.380 e. The van der Waals surface area contributed by atoms with E-state index in [1.54, 1.807) is 0 Å². The van der Waals surface area contributed by atoms with Crippen LogP contribution >= 0.6 is 15.9 Å². The van der Waals surface area contributed by atoms with Crippen LogP contribution in [0, 0.1) is 11.8 Å². The molecular formula is C11H9BrN2O. The van der Waals surface area contributed by atoms with Crippen molar-refractivity contribution in [3.63, 3.8) is 0 Å². The number of benzene rings is 1. The molecule has 2 aromatic rings. The quantitative estimate of drug-likeness (QED) is 0.636. The number of aromatic nitrogens is 1. The second-order valence-electron chi connectivity index (χ2n) is 3.02. The molecule has 0 saturated heterocycles. The van der Waals surface area contributed by atoms with E-state index in [1.807, 2.05) is 18.2 Å². The van der Waals surface area contributed by atoms with Gasteiger partial charge in [-0.25, -0.2) is 0 Å². The third-order valence-corrected chi connectivity index (χ3v) is 2.35. The Kier molecular flexibility index (Phi) is 2.93. The molecule has 0 aliphatic heterocycles. The number of nitrogens with zero attached hydrogens (tertiary/aromatic N) is 1. The molecule has 3 nitrogen and oxygen atoms in total. The van der Waals surface area contributed by atoms with E-state index in [4.69, 9.17) is 10.3 Å². The number of halogens is 1. The highest BCUT2D eigenvalue weighted by Gasteiger charge is 2.03. The van der Waals surface area contributed by atoms with Crippen LogP contribution in [0.5, 0.6) is 0 Å². The Morgan fingerprint density at radius 2 is 2.33 bits per heavy atom. The Morgan fingerprint density at radius 1 is 1.47 bits per heavy atom. The molecule has 1 aromatic heterocycles. The molecule has 76 valence electrons. The van der Waals surface area contributed by atoms with Crippen molar-refractivity contribution in [1.82, 2.24) is 5.16 Å². The smallest absolute Gasteiger partial charge is 0.174 e. The summed E-state index contributed by atoms with van der Waals surface area (Å²) >= 11 is 3.32. The van der Waals surface area contributed by atoms with E-state index in [9.17, 15) is 0 Å². The first-order valence-corrected chi connectivity index (χ1v) is 5.63. The van der Waals surface area contributed by atoms with Crippen molar-refractivity contribution in [3.05, 3.63) is 23.8 Å². The Labute approximate surface area is 95.7 Å². The van der Waals surface area contributed by atoms with Gasteiger partial charge in [-0.1, -0.05) is 32.9 Å². The van der Waals surface area contributed by atoms with Crippen molar-refractivity contribution in [2.45, 2.75) is 6.42 Å². The minimum atomic E-state index is 0.411. The standard InChI is InChI=1S/C11H9BrN2O/c12-6-2-1-3-8-4-5-10-9(7-8)11(13)14-15-10/h4-5,7H,2,6H2,(H2,13,14). The van der Waals surface area contributed by atoms with E-state index in [-0.39, 0.29) is 0 Å². The topological polar surface area (TPSA) is 52.0 Å². The average Bonchev–Trinajstić information content (AvgIpc) is 2.61. The van der Waals surface area contributed by atoms with Gasteiger partial charge >= 0.3 is 0 Å². The number of anilines is 1. The maximum Gasteiger partial charge on any atom is 0.174 e. The van der Waals surface area contributed by atoms with Crippen molar-refractivity contribution >= 4 is 32.7 Å². The fourth-order valence-electron chi connectivity index (χ4n) is 1.25. The van der Waals surface area contributed by atoms with Gasteiger partial charge in [0.2, 0.25) is 0 Å². The van der Waals surface area contributed by atoms with Crippen LogP contribution in [0.25, 0.3) is 11.0 Å². The van der Waals surface area contributed by atoms with Gasteiger partial charge in [-0.05, 0) is 18.2 Å². The number of alkyl halides is 1. The van der Waals surface area contributed by atoms with Crippen molar-refractivity contribution in [3.8, 4) is 11.8 Å². The predicted octanol–water partition coefficient (Wildman–Crippen LogP) is 2.55. The van der Waals surface area contributed by atoms with Crippen molar-refractivity contribution in [2.24, 2.45) is 0 Å². The molecule has 0 bridgehead atoms. The Balaban J connectivity index is 2.38. The van der Waals surface area contributed by atoms with Crippen LogP contribution in [0.2, 0.25) is 0 Å². The monoisotopic (exact) mass is 264 g/mol. The highest BCUT2D eigenvalue weighted by molar-refractivity contribution is 9.09. The zero-order valence-corrected chi connectivity index (χ0v) is 9.54. The molecule has 0 amide bonds. The maximum absolute atomic E-state index is 5.64. The van der Waals surface area contributed by atoms with Gasteiger partial charge in [-0.2, -0.15) is 0 Å². The number of nitrogens with two attached hydrogens (primary N) is 1. The summed E-state index contributed by atoms with van der Waals surface area (Å²) in [6, 6.07) is 5.62. The third-order valence-electron chi connectivity index (χ3n) is 1.95. The molecule has 2 rings (SSSR count). The summed E-state index contributed by atoms with van der Waals surface area (Å²) in [7, 11) is 0. The number of hydrogen-bond donors (Lipinski definition) is 1. The molecule has 4 heteroatoms. The maximum atomic E-state index is 5.64. The van der Waals surface area contributed by atoms with E-state index in [0.717, 1.165) is 22.7 Å². The van der Waals surface area contributed by atoms with Gasteiger partial charge in [0, 0.05) is 17.3 Å². The normalized spacial score (nSPS) is 9.93. The largest absolute Gasteiger partial charge is 0.380 e. The van der Waals surface area contributed by atoms with Crippen LogP contribution in [-0.2, 0) is 0 Å². The number of hydrogen-bond acceptors (Lipinski definition) is 3. The molecule has 2 N–H and O–H groups in total. The number of rotatable bonds is 1. The number of fused-ring (bicyclic) bond motifs is 1. The van der Waals surface area contributed by atoms with Crippen LogP contribution in [0.15, 0.2) is 22.7 Å². The van der Waals surface area contributed by atoms with Gasteiger partial charge in [0.25, 0.3) is 0 Å². The lowest BCUT2D eigenvalue weighted by molar-refractivity contribution is 0.460. The highest BCUT2D eigenvalue weighted by Crippen LogP contribution is 2.20. The van der Waals surface area contributed by atoms with Gasteiger partial charge < -0.3 is 10.3 Å². The first-order chi connectivity index (χ1) is 7.31. The summed E-state index contributed by atoms with van der Waals surface area (Å²) < 4.78 is 5.00. The van der Waals surface area contributed by atoms with Crippen LogP contribution in [-0.4, -0.2) is 10.5 Å². The van der Waals surface area contributed by atoms with Gasteiger partial charge in [0.1, 0.15) is 0 Å². The van der Waals surface area contributed by atoms with E-state index >= 15 is 0 Å². The van der Waals surface area contributed by atoms with Crippen LogP contribution < -0.4 is 5.73 Å². The van der Waals surface area contributed by atoms with Crippen LogP contribution in [0.1, 0.15) is 12.0 Å². The average molecular weight is 265 g/mol. The second-order valence-corrected chi connectivity index (χ2v) is 3.81. The van der Waals surface area contributed by atoms with E-state index in [1.165, 1.54) is 0 Å². The highest BCUT2D eigenvalue weighted by atomic mass is 79.9. The molecule has 15 heavy (non-hydrogen) atoms. The number of nitrogen functional groups attached to an aromatic ring is 1. The van der Waals surface area contributed by atoms with Gasteiger partial charge in [-0.3, -0.25) is 0 Å². The molecule has 0 saturated carbocycles. The van der Waals surface area contributed by atoms with Gasteiger partial charge in [-0.15, -0.1) is 0 Å². The van der Waals surface area contributed by atoms with Crippen LogP contribution in [0.3, 0.4) is 0 Å². The molecular weight excluding hydrogens is 256 g/mol. The fourth-order valence-corrected chi connectivity index (χ4v) is 1.45. The van der Waals surface area contributed by atoms with Crippen molar-refractivity contribution in [1.29, 1.82) is 0 Å².